The first-order valence-electron chi connectivity index (χ1n) is 10.4. The summed E-state index contributed by atoms with van der Waals surface area (Å²) < 4.78 is 26.9. The van der Waals surface area contributed by atoms with Gasteiger partial charge in [-0.2, -0.15) is 0 Å². The van der Waals surface area contributed by atoms with E-state index in [1.807, 2.05) is 61.5 Å². The summed E-state index contributed by atoms with van der Waals surface area (Å²) in [7, 11) is 1.69. The lowest BCUT2D eigenvalue weighted by Gasteiger charge is -2.19. The van der Waals surface area contributed by atoms with Gasteiger partial charge in [0.05, 0.1) is 5.69 Å². The van der Waals surface area contributed by atoms with Crippen LogP contribution < -0.4 is 4.90 Å². The average molecular weight is 480 g/mol. The molecule has 3 aromatic carbocycles. The van der Waals surface area contributed by atoms with Crippen molar-refractivity contribution in [1.82, 2.24) is 0 Å². The number of benzene rings is 3. The minimum atomic E-state index is -1.03. The largest absolute Gasteiger partial charge is 0.477 e. The predicted octanol–water partition coefficient (Wildman–Crippen LogP) is 6.84. The first kappa shape index (κ1) is 24.8. The van der Waals surface area contributed by atoms with Crippen LogP contribution in [0.5, 0.6) is 0 Å². The summed E-state index contributed by atoms with van der Waals surface area (Å²) >= 11 is 1.17. The Balaban J connectivity index is 0.000000302. The van der Waals surface area contributed by atoms with E-state index in [-0.39, 0.29) is 11.4 Å². The zero-order chi connectivity index (χ0) is 24.7. The molecule has 174 valence electrons. The summed E-state index contributed by atoms with van der Waals surface area (Å²) in [5.41, 5.74) is 3.64. The standard InChI is InChI=1S/C19H15F2NO2S.C8H8O/c1-22(11-13-7-8-14(20)9-15(13)21)16-10-17(25-18(16)19(23)24)12-5-3-2-4-6-12;1-7-2-4-8(6-9)5-3-7/h2-10H,11H2,1H3,(H,23,24);2-6H,1H3. The fraction of sp³-hybridized carbons (Fsp3) is 0.111. The molecule has 1 N–H and O–H groups in total. The second kappa shape index (κ2) is 11.3. The van der Waals surface area contributed by atoms with Gasteiger partial charge in [-0.05, 0) is 24.6 Å². The van der Waals surface area contributed by atoms with E-state index in [0.29, 0.717) is 11.3 Å². The van der Waals surface area contributed by atoms with E-state index in [4.69, 9.17) is 0 Å². The zero-order valence-electron chi connectivity index (χ0n) is 18.7. The first-order chi connectivity index (χ1) is 16.3. The Kier molecular flexibility index (Phi) is 8.27. The summed E-state index contributed by atoms with van der Waals surface area (Å²) in [6, 6.07) is 22.1. The Labute approximate surface area is 200 Å². The van der Waals surface area contributed by atoms with Crippen LogP contribution in [0.4, 0.5) is 14.5 Å². The SMILES string of the molecule is CN(Cc1ccc(F)cc1F)c1cc(-c2ccccc2)sc1C(=O)O.Cc1ccc(C=O)cc1. The number of aromatic carboxylic acids is 1. The lowest BCUT2D eigenvalue weighted by molar-refractivity contribution is 0.0702. The Bertz CT molecular complexity index is 1270. The zero-order valence-corrected chi connectivity index (χ0v) is 19.5. The molecule has 0 aliphatic rings. The number of halogens is 2. The maximum absolute atomic E-state index is 13.9. The predicted molar refractivity (Wildman–Crippen MR) is 132 cm³/mol. The number of rotatable bonds is 6. The molecule has 0 aliphatic heterocycles. The van der Waals surface area contributed by atoms with E-state index in [9.17, 15) is 23.5 Å². The van der Waals surface area contributed by atoms with Gasteiger partial charge in [-0.3, -0.25) is 4.79 Å². The Morgan fingerprint density at radius 1 is 1.00 bits per heavy atom. The van der Waals surface area contributed by atoms with Crippen molar-refractivity contribution in [2.75, 3.05) is 11.9 Å². The van der Waals surface area contributed by atoms with Gasteiger partial charge in [-0.25, -0.2) is 13.6 Å². The quantitative estimate of drug-likeness (QED) is 0.308. The number of nitrogens with zero attached hydrogens (tertiary/aromatic N) is 1. The van der Waals surface area contributed by atoms with Gasteiger partial charge in [-0.15, -0.1) is 11.3 Å². The van der Waals surface area contributed by atoms with E-state index in [1.165, 1.54) is 29.0 Å². The molecule has 7 heteroatoms. The van der Waals surface area contributed by atoms with Crippen molar-refractivity contribution in [3.8, 4) is 10.4 Å². The minimum absolute atomic E-state index is 0.136. The van der Waals surface area contributed by atoms with E-state index in [2.05, 4.69) is 0 Å². The lowest BCUT2D eigenvalue weighted by Crippen LogP contribution is -2.18. The van der Waals surface area contributed by atoms with Crippen molar-refractivity contribution >= 4 is 29.3 Å². The van der Waals surface area contributed by atoms with Crippen LogP contribution in [0, 0.1) is 18.6 Å². The van der Waals surface area contributed by atoms with Crippen molar-refractivity contribution in [3.63, 3.8) is 0 Å². The molecular formula is C27H23F2NO3S. The van der Waals surface area contributed by atoms with Gasteiger partial charge in [0.2, 0.25) is 0 Å². The van der Waals surface area contributed by atoms with E-state index in [1.54, 1.807) is 18.0 Å². The molecule has 0 saturated heterocycles. The molecule has 4 rings (SSSR count). The molecule has 4 nitrogen and oxygen atoms in total. The highest BCUT2D eigenvalue weighted by Gasteiger charge is 2.20. The van der Waals surface area contributed by atoms with Gasteiger partial charge < -0.3 is 10.0 Å². The van der Waals surface area contributed by atoms with Crippen LogP contribution in [0.25, 0.3) is 10.4 Å². The maximum atomic E-state index is 13.9. The number of anilines is 1. The molecule has 0 unspecified atom stereocenters. The summed E-state index contributed by atoms with van der Waals surface area (Å²) in [6.07, 6.45) is 0.847. The number of carboxylic acids is 1. The maximum Gasteiger partial charge on any atom is 0.348 e. The Morgan fingerprint density at radius 3 is 2.26 bits per heavy atom. The number of hydrogen-bond donors (Lipinski definition) is 1. The van der Waals surface area contributed by atoms with Crippen LogP contribution in [-0.4, -0.2) is 24.4 Å². The Morgan fingerprint density at radius 2 is 1.68 bits per heavy atom. The average Bonchev–Trinajstić information content (AvgIpc) is 3.29. The number of aldehydes is 1. The van der Waals surface area contributed by atoms with Gasteiger partial charge in [0.15, 0.2) is 0 Å². The van der Waals surface area contributed by atoms with Crippen LogP contribution in [0.1, 0.15) is 31.2 Å². The fourth-order valence-corrected chi connectivity index (χ4v) is 4.25. The van der Waals surface area contributed by atoms with Crippen LogP contribution in [0.2, 0.25) is 0 Å². The molecule has 0 aliphatic carbocycles. The lowest BCUT2D eigenvalue weighted by atomic mass is 10.1. The minimum Gasteiger partial charge on any atom is -0.477 e. The third-order valence-corrected chi connectivity index (χ3v) is 6.17. The van der Waals surface area contributed by atoms with Crippen molar-refractivity contribution in [1.29, 1.82) is 0 Å². The molecule has 34 heavy (non-hydrogen) atoms. The third-order valence-electron chi connectivity index (χ3n) is 5.01. The Hall–Kier alpha value is -3.84. The van der Waals surface area contributed by atoms with Crippen LogP contribution >= 0.6 is 11.3 Å². The molecule has 1 aromatic heterocycles. The molecule has 0 saturated carbocycles. The molecule has 0 amide bonds. The topological polar surface area (TPSA) is 57.6 Å². The third kappa shape index (κ3) is 6.36. The number of carbonyl (C=O) groups excluding carboxylic acids is 1. The molecule has 0 radical (unpaired) electrons. The van der Waals surface area contributed by atoms with Crippen molar-refractivity contribution in [3.05, 3.63) is 112 Å². The summed E-state index contributed by atoms with van der Waals surface area (Å²) in [5, 5.41) is 9.49. The molecule has 0 bridgehead atoms. The van der Waals surface area contributed by atoms with Gasteiger partial charge in [0, 0.05) is 35.7 Å². The molecule has 0 fully saturated rings. The number of hydrogen-bond acceptors (Lipinski definition) is 4. The van der Waals surface area contributed by atoms with Gasteiger partial charge >= 0.3 is 5.97 Å². The second-order valence-electron chi connectivity index (χ2n) is 7.62. The summed E-state index contributed by atoms with van der Waals surface area (Å²) in [5.74, 6) is -2.33. The number of thiophene rings is 1. The smallest absolute Gasteiger partial charge is 0.348 e. The fourth-order valence-electron chi connectivity index (χ4n) is 3.20. The van der Waals surface area contributed by atoms with Crippen molar-refractivity contribution in [2.24, 2.45) is 0 Å². The summed E-state index contributed by atoms with van der Waals surface area (Å²) in [4.78, 5) is 24.4. The molecule has 0 spiro atoms. The second-order valence-corrected chi connectivity index (χ2v) is 8.67. The highest BCUT2D eigenvalue weighted by Crippen LogP contribution is 2.37. The number of carboxylic acid groups (broad SMARTS) is 1. The van der Waals surface area contributed by atoms with Crippen LogP contribution in [-0.2, 0) is 6.54 Å². The number of aryl methyl sites for hydroxylation is 1. The van der Waals surface area contributed by atoms with E-state index in [0.717, 1.165) is 28.4 Å². The van der Waals surface area contributed by atoms with Crippen molar-refractivity contribution < 1.29 is 23.5 Å². The van der Waals surface area contributed by atoms with E-state index < -0.39 is 17.6 Å². The molecule has 1 heterocycles. The van der Waals surface area contributed by atoms with Crippen LogP contribution in [0.15, 0.2) is 78.9 Å². The van der Waals surface area contributed by atoms with Gasteiger partial charge in [0.25, 0.3) is 0 Å². The highest BCUT2D eigenvalue weighted by molar-refractivity contribution is 7.18. The first-order valence-corrected chi connectivity index (χ1v) is 11.2. The number of carbonyl (C=O) groups is 2. The highest BCUT2D eigenvalue weighted by atomic mass is 32.1. The monoisotopic (exact) mass is 479 g/mol. The molecular weight excluding hydrogens is 456 g/mol. The van der Waals surface area contributed by atoms with E-state index >= 15 is 0 Å². The van der Waals surface area contributed by atoms with Crippen LogP contribution in [0.3, 0.4) is 0 Å². The van der Waals surface area contributed by atoms with Crippen molar-refractivity contribution in [2.45, 2.75) is 13.5 Å². The molecule has 4 aromatic rings. The molecule has 0 atom stereocenters. The summed E-state index contributed by atoms with van der Waals surface area (Å²) in [6.45, 7) is 2.13. The van der Waals surface area contributed by atoms with Gasteiger partial charge in [0.1, 0.15) is 22.8 Å². The normalized spacial score (nSPS) is 10.2. The van der Waals surface area contributed by atoms with Gasteiger partial charge in [-0.1, -0.05) is 66.2 Å².